The number of hydrogen-bond acceptors (Lipinski definition) is 6. The topological polar surface area (TPSA) is 35.2 Å². The van der Waals surface area contributed by atoms with Crippen molar-refractivity contribution in [1.82, 2.24) is 4.98 Å². The third kappa shape index (κ3) is 14.1. The molecule has 0 aliphatic carbocycles. The third-order valence-electron chi connectivity index (χ3n) is 24.2. The zero-order valence-corrected chi connectivity index (χ0v) is 67.8. The first-order valence-electron chi connectivity index (χ1n) is 42.3. The Kier molecular flexibility index (Phi) is 18.8. The highest BCUT2D eigenvalue weighted by Crippen LogP contribution is 2.49. The molecule has 0 saturated heterocycles. The fourth-order valence-electron chi connectivity index (χ4n) is 18.1. The van der Waals surface area contributed by atoms with E-state index in [-0.39, 0.29) is 0 Å². The van der Waals surface area contributed by atoms with Crippen LogP contribution in [-0.4, -0.2) is 4.98 Å². The van der Waals surface area contributed by atoms with Gasteiger partial charge in [0.1, 0.15) is 0 Å². The van der Waals surface area contributed by atoms with Gasteiger partial charge in [0, 0.05) is 124 Å². The van der Waals surface area contributed by atoms with Crippen molar-refractivity contribution in [2.75, 3.05) is 29.4 Å². The van der Waals surface area contributed by atoms with E-state index in [1.165, 1.54) is 75.4 Å². The average Bonchev–Trinajstić information content (AvgIpc) is 1.77. The third-order valence-corrected chi connectivity index (χ3v) is 24.2. The number of hydrogen-bond donors (Lipinski definition) is 1. The molecule has 0 unspecified atom stereocenters. The van der Waals surface area contributed by atoms with E-state index in [4.69, 9.17) is 0 Å². The van der Waals surface area contributed by atoms with Crippen LogP contribution in [0.25, 0.3) is 103 Å². The molecule has 1 N–H and O–H groups in total. The fourth-order valence-corrected chi connectivity index (χ4v) is 18.1. The smallest absolute Gasteiger partial charge is 0.0469 e. The summed E-state index contributed by atoms with van der Waals surface area (Å²) in [5.41, 5.74) is 22.0. The Labute approximate surface area is 715 Å². The second-order valence-electron chi connectivity index (χ2n) is 31.8. The Morgan fingerprint density at radius 2 is 0.358 bits per heavy atom. The zero-order valence-electron chi connectivity index (χ0n) is 67.8. The van der Waals surface area contributed by atoms with Gasteiger partial charge in [0.25, 0.3) is 0 Å². The molecule has 7 heteroatoms. The van der Waals surface area contributed by atoms with Gasteiger partial charge < -0.3 is 34.4 Å². The lowest BCUT2D eigenvalue weighted by Gasteiger charge is -2.30. The van der Waals surface area contributed by atoms with Gasteiger partial charge in [-0.05, 0) is 318 Å². The molecule has 0 spiro atoms. The number of rotatable bonds is 20. The van der Waals surface area contributed by atoms with Gasteiger partial charge in [0.2, 0.25) is 0 Å². The minimum absolute atomic E-state index is 0.953. The lowest BCUT2D eigenvalue weighted by atomic mass is 10.1. The fraction of sp³-hybridized carbons (Fsp3) is 0.0172. The number of anilines is 18. The first-order valence-corrected chi connectivity index (χ1v) is 42.3. The van der Waals surface area contributed by atoms with Crippen molar-refractivity contribution in [1.29, 1.82) is 0 Å². The van der Waals surface area contributed by atoms with Crippen LogP contribution < -0.4 is 29.4 Å². The number of benzene rings is 21. The highest BCUT2D eigenvalue weighted by molar-refractivity contribution is 6.11. The van der Waals surface area contributed by atoms with E-state index in [0.29, 0.717) is 0 Å². The van der Waals surface area contributed by atoms with Crippen molar-refractivity contribution in [2.45, 2.75) is 13.3 Å². The summed E-state index contributed by atoms with van der Waals surface area (Å²) in [6.07, 6.45) is 5.40. The Balaban J connectivity index is 0.697. The lowest BCUT2D eigenvalue weighted by molar-refractivity contribution is 1.23. The molecule has 0 atom stereocenters. The normalized spacial score (nSPS) is 11.6. The van der Waals surface area contributed by atoms with E-state index in [1.807, 2.05) is 0 Å². The standard InChI is InChI=1S/C116H83N7/c1-2-3-19-80-20-18-35-103(70-80)120(104-43-36-81-21-4-11-28-88(81)71-104)99-58-50-95(51-59-99)118(96-52-60-100(61-53-96)121(105-44-37-82-22-5-12-29-89(82)72-105)106-45-38-83-23-6-13-30-90(83)73-106)111-66-68-115-113(78-111)114-79-112(67-69-116(114)117-115)119(97-54-62-101(63-55-97)122(107-46-39-84-24-7-14-31-91(84)74-107)108-47-40-85-25-8-15-32-92(85)75-108)98-56-64-102(65-57-98)123(109-48-41-86-26-9-16-33-93(86)76-109)110-49-42-87-27-10-17-34-94(87)77-110/h3-79,117H,2H2,1H3/b19-3-. The van der Waals surface area contributed by atoms with Crippen LogP contribution in [0, 0.1) is 0 Å². The van der Waals surface area contributed by atoms with Crippen LogP contribution in [0.4, 0.5) is 102 Å². The maximum absolute atomic E-state index is 3.90. The first kappa shape index (κ1) is 73.2. The summed E-state index contributed by atoms with van der Waals surface area (Å²) in [7, 11) is 0. The summed E-state index contributed by atoms with van der Waals surface area (Å²) in [5, 5.41) is 18.8. The summed E-state index contributed by atoms with van der Waals surface area (Å²) in [4.78, 5) is 18.3. The zero-order chi connectivity index (χ0) is 81.7. The Hall–Kier alpha value is -16.2. The van der Waals surface area contributed by atoms with E-state index in [1.54, 1.807) is 0 Å². The number of aromatic nitrogens is 1. The van der Waals surface area contributed by atoms with Crippen molar-refractivity contribution in [3.8, 4) is 0 Å². The van der Waals surface area contributed by atoms with Crippen molar-refractivity contribution < 1.29 is 0 Å². The van der Waals surface area contributed by atoms with Crippen LogP contribution in [-0.2, 0) is 0 Å². The summed E-state index contributed by atoms with van der Waals surface area (Å²) in [6.45, 7) is 2.18. The maximum Gasteiger partial charge on any atom is 0.0469 e. The van der Waals surface area contributed by atoms with Gasteiger partial charge in [-0.15, -0.1) is 0 Å². The average molecular weight is 1570 g/mol. The molecule has 0 bridgehead atoms. The molecule has 21 aromatic carbocycles. The van der Waals surface area contributed by atoms with Crippen LogP contribution in [0.15, 0.2) is 461 Å². The number of H-pyrrole nitrogens is 1. The van der Waals surface area contributed by atoms with Gasteiger partial charge >= 0.3 is 0 Å². The van der Waals surface area contributed by atoms with Gasteiger partial charge in [0.15, 0.2) is 0 Å². The molecule has 7 nitrogen and oxygen atoms in total. The van der Waals surface area contributed by atoms with E-state index >= 15 is 0 Å². The lowest BCUT2D eigenvalue weighted by Crippen LogP contribution is -2.13. The number of fused-ring (bicyclic) bond motifs is 10. The largest absolute Gasteiger partial charge is 0.355 e. The molecule has 0 fully saturated rings. The van der Waals surface area contributed by atoms with Crippen LogP contribution in [0.1, 0.15) is 18.9 Å². The van der Waals surface area contributed by atoms with Crippen LogP contribution >= 0.6 is 0 Å². The molecule has 1 aromatic heterocycles. The van der Waals surface area contributed by atoms with Crippen LogP contribution in [0.5, 0.6) is 0 Å². The van der Waals surface area contributed by atoms with E-state index in [0.717, 1.165) is 136 Å². The monoisotopic (exact) mass is 1570 g/mol. The van der Waals surface area contributed by atoms with Gasteiger partial charge in [0.05, 0.1) is 0 Å². The van der Waals surface area contributed by atoms with Crippen LogP contribution in [0.2, 0.25) is 0 Å². The predicted molar refractivity (Wildman–Crippen MR) is 526 cm³/mol. The van der Waals surface area contributed by atoms with Gasteiger partial charge in [-0.1, -0.05) is 244 Å². The Bertz CT molecular complexity index is 7340. The van der Waals surface area contributed by atoms with E-state index < -0.39 is 0 Å². The molecule has 0 aliphatic heterocycles. The SMILES string of the molecule is CC/C=C\c1cccc(N(c2ccc(N(c3ccc(N(c4ccc5ccccc5c4)c4ccc5ccccc5c4)cc3)c3ccc4[nH]c5ccc(N(c6ccc(N(c7ccc8ccccc8c7)c7ccc8ccccc8c7)cc6)c6ccc(N(c7ccc8ccccc8c7)c7ccc8ccccc8c7)cc6)cc5c4c3)cc2)c2ccc3ccccc3c2)c1. The summed E-state index contributed by atoms with van der Waals surface area (Å²) in [5.74, 6) is 0. The molecule has 582 valence electrons. The van der Waals surface area contributed by atoms with Crippen molar-refractivity contribution in [3.63, 3.8) is 0 Å². The Morgan fingerprint density at radius 1 is 0.171 bits per heavy atom. The molecule has 0 saturated carbocycles. The van der Waals surface area contributed by atoms with Gasteiger partial charge in [-0.2, -0.15) is 0 Å². The first-order chi connectivity index (χ1) is 60.8. The molecule has 0 radical (unpaired) electrons. The highest BCUT2D eigenvalue weighted by Gasteiger charge is 2.25. The summed E-state index contributed by atoms with van der Waals surface area (Å²) in [6, 6.07) is 167. The maximum atomic E-state index is 3.90. The quantitative estimate of drug-likeness (QED) is 0.0819. The van der Waals surface area contributed by atoms with E-state index in [2.05, 4.69) is 508 Å². The highest BCUT2D eigenvalue weighted by atomic mass is 15.2. The predicted octanol–water partition coefficient (Wildman–Crippen LogP) is 33.6. The number of allylic oxidation sites excluding steroid dienone is 1. The molecular formula is C116H83N7. The molecule has 1 heterocycles. The Morgan fingerprint density at radius 3 is 0.585 bits per heavy atom. The van der Waals surface area contributed by atoms with Crippen molar-refractivity contribution >= 4 is 206 Å². The van der Waals surface area contributed by atoms with Crippen molar-refractivity contribution in [2.24, 2.45) is 0 Å². The van der Waals surface area contributed by atoms with Crippen LogP contribution in [0.3, 0.4) is 0 Å². The summed E-state index contributed by atoms with van der Waals surface area (Å²) < 4.78 is 0. The molecule has 0 amide bonds. The van der Waals surface area contributed by atoms with E-state index in [9.17, 15) is 0 Å². The molecule has 123 heavy (non-hydrogen) atoms. The van der Waals surface area contributed by atoms with Crippen molar-refractivity contribution in [3.05, 3.63) is 467 Å². The number of aromatic amines is 1. The minimum Gasteiger partial charge on any atom is -0.355 e. The second-order valence-corrected chi connectivity index (χ2v) is 31.8. The molecule has 22 aromatic rings. The molecule has 0 aliphatic rings. The van der Waals surface area contributed by atoms with Gasteiger partial charge in [-0.3, -0.25) is 0 Å². The molecular weight excluding hydrogens is 1490 g/mol. The number of nitrogens with one attached hydrogen (secondary N) is 1. The number of nitrogens with zero attached hydrogens (tertiary/aromatic N) is 6. The van der Waals surface area contributed by atoms with Gasteiger partial charge in [-0.25, -0.2) is 0 Å². The molecule has 22 rings (SSSR count). The second kappa shape index (κ2) is 31.6. The minimum atomic E-state index is 0.953. The summed E-state index contributed by atoms with van der Waals surface area (Å²) >= 11 is 0.